The summed E-state index contributed by atoms with van der Waals surface area (Å²) >= 11 is 0. The lowest BCUT2D eigenvalue weighted by Crippen LogP contribution is -2.83. The Balaban J connectivity index is 1.70. The Morgan fingerprint density at radius 3 is 2.59 bits per heavy atom. The van der Waals surface area contributed by atoms with Crippen molar-refractivity contribution >= 4 is 17.7 Å². The molecule has 0 aromatic heterocycles. The fourth-order valence-corrected chi connectivity index (χ4v) is 8.53. The summed E-state index contributed by atoms with van der Waals surface area (Å²) in [6, 6.07) is 0. The fraction of sp³-hybridized carbons (Fsp3) is 0.792. The molecule has 0 amide bonds. The quantitative estimate of drug-likeness (QED) is 0.493. The van der Waals surface area contributed by atoms with Crippen molar-refractivity contribution in [3.05, 3.63) is 12.2 Å². The van der Waals surface area contributed by atoms with Gasteiger partial charge in [0.05, 0.1) is 18.6 Å². The van der Waals surface area contributed by atoms with Crippen LogP contribution in [0.4, 0.5) is 0 Å². The maximum Gasteiger partial charge on any atom is 0.302 e. The summed E-state index contributed by atoms with van der Waals surface area (Å²) in [5.74, 6) is -4.48. The molecule has 1 unspecified atom stereocenters. The maximum absolute atomic E-state index is 13.7. The number of carbonyl (C=O) groups excluding carboxylic acids is 3. The van der Waals surface area contributed by atoms with Gasteiger partial charge in [-0.2, -0.15) is 0 Å². The van der Waals surface area contributed by atoms with Gasteiger partial charge in [-0.05, 0) is 37.2 Å². The number of rotatable bonds is 3. The Hall–Kier alpha value is -1.77. The SMILES string of the molecule is C=C1C(=O)C23C[C@H]1C[C@@H](OC(C)=O)[C@H]2[C@]12CCC[C@@](C)(COC(C)=O)[C@H]1[C@H](O)[C@]3(O)OC2. The van der Waals surface area contributed by atoms with Crippen molar-refractivity contribution in [2.24, 2.45) is 34.0 Å². The number of aliphatic hydroxyl groups is 2. The summed E-state index contributed by atoms with van der Waals surface area (Å²) in [4.78, 5) is 37.4. The smallest absolute Gasteiger partial charge is 0.302 e. The highest BCUT2D eigenvalue weighted by molar-refractivity contribution is 6.04. The standard InChI is InChI=1S/C24H32O8/c1-12-15-8-16(32-14(3)26)17-22-7-5-6-21(4,10-30-13(2)25)18(22)20(28)24(29,31-11-22)23(17,9-15)19(12)27/h15-18,20,28-29H,1,5-11H2,2-4H3/t15-,16-,17+,18-,20+,21+,22-,23?,24+/m1/s1. The largest absolute Gasteiger partial charge is 0.465 e. The fourth-order valence-electron chi connectivity index (χ4n) is 8.53. The number of carbonyl (C=O) groups is 3. The second-order valence-electron chi connectivity index (χ2n) is 11.0. The zero-order valence-electron chi connectivity index (χ0n) is 18.9. The monoisotopic (exact) mass is 448 g/mol. The van der Waals surface area contributed by atoms with E-state index in [-0.39, 0.29) is 24.9 Å². The summed E-state index contributed by atoms with van der Waals surface area (Å²) in [5, 5.41) is 23.6. The third-order valence-corrected chi connectivity index (χ3v) is 9.40. The Morgan fingerprint density at radius 2 is 1.94 bits per heavy atom. The van der Waals surface area contributed by atoms with Crippen molar-refractivity contribution < 1.29 is 38.8 Å². The van der Waals surface area contributed by atoms with Gasteiger partial charge in [0, 0.05) is 36.5 Å². The van der Waals surface area contributed by atoms with E-state index in [1.54, 1.807) is 0 Å². The van der Waals surface area contributed by atoms with Crippen LogP contribution < -0.4 is 0 Å². The topological polar surface area (TPSA) is 119 Å². The van der Waals surface area contributed by atoms with Gasteiger partial charge in [-0.25, -0.2) is 0 Å². The van der Waals surface area contributed by atoms with E-state index in [0.29, 0.717) is 31.3 Å². The minimum atomic E-state index is -2.12. The van der Waals surface area contributed by atoms with Crippen molar-refractivity contribution in [3.8, 4) is 0 Å². The molecule has 2 N–H and O–H groups in total. The molecule has 176 valence electrons. The summed E-state index contributed by atoms with van der Waals surface area (Å²) < 4.78 is 17.2. The predicted molar refractivity (Wildman–Crippen MR) is 110 cm³/mol. The van der Waals surface area contributed by atoms with E-state index in [2.05, 4.69) is 6.58 Å². The van der Waals surface area contributed by atoms with Gasteiger partial charge < -0.3 is 24.4 Å². The molecule has 32 heavy (non-hydrogen) atoms. The molecule has 0 aromatic carbocycles. The number of aliphatic hydroxyl groups excluding tert-OH is 1. The molecule has 2 heterocycles. The number of esters is 2. The van der Waals surface area contributed by atoms with E-state index in [4.69, 9.17) is 14.2 Å². The third-order valence-electron chi connectivity index (χ3n) is 9.40. The van der Waals surface area contributed by atoms with Crippen molar-refractivity contribution in [1.82, 2.24) is 0 Å². The molecule has 6 aliphatic rings. The second-order valence-corrected chi connectivity index (χ2v) is 11.0. The average molecular weight is 449 g/mol. The van der Waals surface area contributed by atoms with Gasteiger partial charge in [-0.15, -0.1) is 0 Å². The summed E-state index contributed by atoms with van der Waals surface area (Å²) in [7, 11) is 0. The van der Waals surface area contributed by atoms with Gasteiger partial charge >= 0.3 is 11.9 Å². The van der Waals surface area contributed by atoms with Crippen LogP contribution in [-0.2, 0) is 28.6 Å². The van der Waals surface area contributed by atoms with Crippen LogP contribution in [0.3, 0.4) is 0 Å². The highest BCUT2D eigenvalue weighted by Gasteiger charge is 2.85. The predicted octanol–water partition coefficient (Wildman–Crippen LogP) is 1.52. The average Bonchev–Trinajstić information content (AvgIpc) is 2.90. The summed E-state index contributed by atoms with van der Waals surface area (Å²) in [6.45, 7) is 8.90. The molecule has 4 aliphatic carbocycles. The maximum atomic E-state index is 13.7. The first-order valence-corrected chi connectivity index (χ1v) is 11.5. The van der Waals surface area contributed by atoms with E-state index in [1.807, 2.05) is 6.92 Å². The lowest BCUT2D eigenvalue weighted by Gasteiger charge is -2.74. The van der Waals surface area contributed by atoms with Crippen LogP contribution in [0, 0.1) is 34.0 Å². The normalized spacial score (nSPS) is 51.1. The molecule has 0 aromatic rings. The van der Waals surface area contributed by atoms with Gasteiger partial charge in [0.15, 0.2) is 5.78 Å². The molecule has 4 bridgehead atoms. The molecule has 9 atom stereocenters. The Labute approximate surface area is 187 Å². The van der Waals surface area contributed by atoms with Crippen LogP contribution >= 0.6 is 0 Å². The van der Waals surface area contributed by atoms with Crippen LogP contribution in [0.1, 0.15) is 52.9 Å². The van der Waals surface area contributed by atoms with Gasteiger partial charge in [-0.1, -0.05) is 19.9 Å². The van der Waals surface area contributed by atoms with E-state index >= 15 is 0 Å². The zero-order valence-corrected chi connectivity index (χ0v) is 18.9. The van der Waals surface area contributed by atoms with Crippen LogP contribution in [0.15, 0.2) is 12.2 Å². The lowest BCUT2D eigenvalue weighted by atomic mass is 9.36. The van der Waals surface area contributed by atoms with Gasteiger partial charge in [-0.3, -0.25) is 14.4 Å². The van der Waals surface area contributed by atoms with E-state index in [9.17, 15) is 24.6 Å². The summed E-state index contributed by atoms with van der Waals surface area (Å²) in [5.41, 5.74) is -2.32. The zero-order chi connectivity index (χ0) is 23.3. The van der Waals surface area contributed by atoms with Crippen LogP contribution in [0.2, 0.25) is 0 Å². The van der Waals surface area contributed by atoms with Gasteiger partial charge in [0.2, 0.25) is 5.79 Å². The van der Waals surface area contributed by atoms with E-state index in [0.717, 1.165) is 6.42 Å². The number of hydrogen-bond donors (Lipinski definition) is 2. The number of allylic oxidation sites excluding steroid dienone is 1. The number of Topliss-reactive ketones (excluding diaryl/α,β-unsaturated/α-hetero) is 1. The van der Waals surface area contributed by atoms with Crippen molar-refractivity contribution in [1.29, 1.82) is 0 Å². The van der Waals surface area contributed by atoms with Crippen molar-refractivity contribution in [3.63, 3.8) is 0 Å². The third kappa shape index (κ3) is 2.41. The van der Waals surface area contributed by atoms with Crippen LogP contribution in [0.25, 0.3) is 0 Å². The first kappa shape index (κ1) is 22.0. The molecule has 2 saturated heterocycles. The van der Waals surface area contributed by atoms with E-state index < -0.39 is 58.0 Å². The molecular weight excluding hydrogens is 416 g/mol. The highest BCUT2D eigenvalue weighted by Crippen LogP contribution is 2.76. The number of fused-ring (bicyclic) bond motifs is 2. The van der Waals surface area contributed by atoms with Crippen LogP contribution in [0.5, 0.6) is 0 Å². The van der Waals surface area contributed by atoms with Crippen molar-refractivity contribution in [2.45, 2.75) is 70.9 Å². The Morgan fingerprint density at radius 1 is 1.22 bits per heavy atom. The van der Waals surface area contributed by atoms with Crippen molar-refractivity contribution in [2.75, 3.05) is 13.2 Å². The Kier molecular flexibility index (Phi) is 4.57. The molecule has 6 rings (SSSR count). The molecule has 4 saturated carbocycles. The molecule has 8 heteroatoms. The minimum Gasteiger partial charge on any atom is -0.465 e. The molecule has 6 fully saturated rings. The molecule has 8 nitrogen and oxygen atoms in total. The van der Waals surface area contributed by atoms with E-state index in [1.165, 1.54) is 13.8 Å². The van der Waals surface area contributed by atoms with Gasteiger partial charge in [0.1, 0.15) is 12.2 Å². The molecule has 2 spiro atoms. The molecule has 2 aliphatic heterocycles. The minimum absolute atomic E-state index is 0.100. The first-order chi connectivity index (χ1) is 14.9. The van der Waals surface area contributed by atoms with Gasteiger partial charge in [0.25, 0.3) is 0 Å². The lowest BCUT2D eigenvalue weighted by molar-refractivity contribution is -0.446. The number of ether oxygens (including phenoxy) is 3. The highest BCUT2D eigenvalue weighted by atomic mass is 16.6. The second kappa shape index (κ2) is 6.64. The molecule has 0 radical (unpaired) electrons. The number of ketones is 1. The first-order valence-electron chi connectivity index (χ1n) is 11.5. The molecular formula is C24H32O8. The Bertz CT molecular complexity index is 914. The number of hydrogen-bond acceptors (Lipinski definition) is 8. The van der Waals surface area contributed by atoms with Crippen LogP contribution in [-0.4, -0.2) is 59.1 Å². The summed E-state index contributed by atoms with van der Waals surface area (Å²) in [6.07, 6.45) is 1.00.